The Hall–Kier alpha value is -7.71. The Morgan fingerprint density at radius 3 is 1.60 bits per heavy atom. The molecule has 14 aromatic rings. The lowest BCUT2D eigenvalue weighted by atomic mass is 10.0. The van der Waals surface area contributed by atoms with Gasteiger partial charge in [0.1, 0.15) is 11.2 Å². The van der Waals surface area contributed by atoms with Crippen molar-refractivity contribution in [3.63, 3.8) is 0 Å². The van der Waals surface area contributed by atoms with Crippen LogP contribution in [-0.4, -0.2) is 19.5 Å². The van der Waals surface area contributed by atoms with Crippen molar-refractivity contribution in [2.45, 2.75) is 0 Å². The van der Waals surface area contributed by atoms with Crippen LogP contribution < -0.4 is 0 Å². The molecule has 0 radical (unpaired) electrons. The minimum absolute atomic E-state index is 0.560. The summed E-state index contributed by atoms with van der Waals surface area (Å²) in [5, 5.41) is 11.7. The van der Waals surface area contributed by atoms with Gasteiger partial charge < -0.3 is 8.98 Å². The topological polar surface area (TPSA) is 56.7 Å². The Balaban J connectivity index is 1.08. The molecule has 0 atom stereocenters. The van der Waals surface area contributed by atoms with Crippen LogP contribution >= 0.6 is 22.7 Å². The zero-order chi connectivity index (χ0) is 40.5. The summed E-state index contributed by atoms with van der Waals surface area (Å²) in [6.45, 7) is 0. The van der Waals surface area contributed by atoms with E-state index in [1.807, 2.05) is 6.07 Å². The van der Waals surface area contributed by atoms with E-state index in [4.69, 9.17) is 19.4 Å². The minimum Gasteiger partial charge on any atom is -0.455 e. The molecule has 5 aromatic heterocycles. The summed E-state index contributed by atoms with van der Waals surface area (Å²) in [4.78, 5) is 16.2. The molecule has 0 aliphatic rings. The minimum atomic E-state index is 0.560. The lowest BCUT2D eigenvalue weighted by Gasteiger charge is -2.13. The molecule has 0 fully saturated rings. The maximum atomic E-state index is 6.97. The normalized spacial score (nSPS) is 12.2. The molecule has 9 aromatic carbocycles. The van der Waals surface area contributed by atoms with Crippen LogP contribution in [0.1, 0.15) is 0 Å². The van der Waals surface area contributed by atoms with E-state index < -0.39 is 0 Å². The molecule has 0 saturated carbocycles. The monoisotopic (exact) mass is 826 g/mol. The van der Waals surface area contributed by atoms with E-state index in [1.165, 1.54) is 52.5 Å². The Morgan fingerprint density at radius 2 is 0.919 bits per heavy atom. The molecule has 7 heteroatoms. The van der Waals surface area contributed by atoms with Crippen LogP contribution in [0.4, 0.5) is 0 Å². The van der Waals surface area contributed by atoms with Gasteiger partial charge in [-0.2, -0.15) is 0 Å². The van der Waals surface area contributed by atoms with E-state index in [0.29, 0.717) is 17.5 Å². The molecule has 0 amide bonds. The molecule has 0 aliphatic carbocycles. The molecule has 0 spiro atoms. The fraction of sp³-hybridized carbons (Fsp3) is 0. The number of nitrogens with zero attached hydrogens (tertiary/aromatic N) is 4. The molecule has 0 saturated heterocycles. The van der Waals surface area contributed by atoms with Crippen LogP contribution in [0.15, 0.2) is 186 Å². The molecule has 0 bridgehead atoms. The number of thiophene rings is 2. The summed E-state index contributed by atoms with van der Waals surface area (Å²) in [7, 11) is 0. The second-order valence-corrected chi connectivity index (χ2v) is 18.0. The smallest absolute Gasteiger partial charge is 0.167 e. The number of hydrogen-bond acceptors (Lipinski definition) is 6. The first kappa shape index (κ1) is 34.0. The first-order valence-corrected chi connectivity index (χ1v) is 22.3. The predicted molar refractivity (Wildman–Crippen MR) is 261 cm³/mol. The van der Waals surface area contributed by atoms with Crippen LogP contribution in [0.3, 0.4) is 0 Å². The van der Waals surface area contributed by atoms with Crippen LogP contribution in [-0.2, 0) is 0 Å². The van der Waals surface area contributed by atoms with Gasteiger partial charge in [-0.1, -0.05) is 121 Å². The molecule has 288 valence electrons. The third-order valence-corrected chi connectivity index (χ3v) is 14.9. The van der Waals surface area contributed by atoms with Gasteiger partial charge in [-0.15, -0.1) is 22.7 Å². The summed E-state index contributed by atoms with van der Waals surface area (Å²) in [5.41, 5.74) is 7.62. The van der Waals surface area contributed by atoms with E-state index in [-0.39, 0.29) is 0 Å². The molecule has 0 unspecified atom stereocenters. The lowest BCUT2D eigenvalue weighted by Crippen LogP contribution is -2.01. The average Bonchev–Trinajstić information content (AvgIpc) is 4.09. The predicted octanol–water partition coefficient (Wildman–Crippen LogP) is 15.8. The standard InChI is InChI=1S/C55H30N4OS2/c1-2-14-32-30-45-42(29-31(32)13-1)33-15-3-7-23-43(33)59(45)44-28-27-39(50-49(44)38-18-4-8-24-46(38)60-50)53-56-54(40-21-11-19-36-34-16-5-9-25-47(34)61-51(36)40)58-55(57-53)41-22-12-20-37-35-17-6-10-26-48(35)62-52(37)41/h1-30H. The number of fused-ring (bicyclic) bond motifs is 13. The van der Waals surface area contributed by atoms with Crippen LogP contribution in [0, 0.1) is 0 Å². The summed E-state index contributed by atoms with van der Waals surface area (Å²) < 4.78 is 14.1. The summed E-state index contributed by atoms with van der Waals surface area (Å²) in [5.74, 6) is 1.82. The highest BCUT2D eigenvalue weighted by Crippen LogP contribution is 2.45. The van der Waals surface area contributed by atoms with E-state index >= 15 is 0 Å². The van der Waals surface area contributed by atoms with Gasteiger partial charge >= 0.3 is 0 Å². The van der Waals surface area contributed by atoms with Crippen molar-refractivity contribution in [3.05, 3.63) is 182 Å². The molecular formula is C55H30N4OS2. The summed E-state index contributed by atoms with van der Waals surface area (Å²) in [6.07, 6.45) is 0. The van der Waals surface area contributed by atoms with Crippen LogP contribution in [0.5, 0.6) is 0 Å². The van der Waals surface area contributed by atoms with Crippen molar-refractivity contribution in [1.82, 2.24) is 19.5 Å². The largest absolute Gasteiger partial charge is 0.455 e. The van der Waals surface area contributed by atoms with Crippen molar-refractivity contribution in [2.75, 3.05) is 0 Å². The number of hydrogen-bond donors (Lipinski definition) is 0. The molecule has 5 nitrogen and oxygen atoms in total. The number of benzene rings is 9. The maximum absolute atomic E-state index is 6.97. The Kier molecular flexibility index (Phi) is 7.08. The molecule has 0 N–H and O–H groups in total. The zero-order valence-electron chi connectivity index (χ0n) is 32.8. The Bertz CT molecular complexity index is 4060. The quantitative estimate of drug-likeness (QED) is 0.177. The van der Waals surface area contributed by atoms with Crippen molar-refractivity contribution in [2.24, 2.45) is 0 Å². The third kappa shape index (κ3) is 4.86. The van der Waals surface area contributed by atoms with Gasteiger partial charge in [0.2, 0.25) is 0 Å². The van der Waals surface area contributed by atoms with Crippen molar-refractivity contribution in [3.8, 4) is 39.9 Å². The van der Waals surface area contributed by atoms with Crippen LogP contribution in [0.2, 0.25) is 0 Å². The zero-order valence-corrected chi connectivity index (χ0v) is 34.5. The Labute approximate surface area is 361 Å². The SMILES string of the molecule is c1ccc2cc3c(cc2c1)c1ccccc1n3-c1ccc(-c2nc(-c3cccc4c3sc3ccccc34)nc(-c3cccc4c3sc3ccccc34)n2)c2oc3ccccc3c12. The van der Waals surface area contributed by atoms with Crippen molar-refractivity contribution in [1.29, 1.82) is 0 Å². The fourth-order valence-corrected chi connectivity index (χ4v) is 12.1. The first-order valence-electron chi connectivity index (χ1n) is 20.7. The van der Waals surface area contributed by atoms with Crippen LogP contribution in [0.25, 0.3) is 135 Å². The third-order valence-electron chi connectivity index (χ3n) is 12.5. The highest BCUT2D eigenvalue weighted by molar-refractivity contribution is 7.26. The highest BCUT2D eigenvalue weighted by atomic mass is 32.1. The van der Waals surface area contributed by atoms with Crippen molar-refractivity contribution < 1.29 is 4.42 Å². The van der Waals surface area contributed by atoms with Gasteiger partial charge in [-0.05, 0) is 71.4 Å². The van der Waals surface area contributed by atoms with Crippen molar-refractivity contribution >= 4 is 118 Å². The molecular weight excluding hydrogens is 797 g/mol. The van der Waals surface area contributed by atoms with Gasteiger partial charge in [-0.25, -0.2) is 15.0 Å². The first-order chi connectivity index (χ1) is 30.7. The fourth-order valence-electron chi connectivity index (χ4n) is 9.67. The average molecular weight is 827 g/mol. The van der Waals surface area contributed by atoms with Gasteiger partial charge in [0.05, 0.1) is 27.7 Å². The lowest BCUT2D eigenvalue weighted by molar-refractivity contribution is 0.669. The van der Waals surface area contributed by atoms with Gasteiger partial charge in [-0.3, -0.25) is 0 Å². The number of para-hydroxylation sites is 2. The van der Waals surface area contributed by atoms with E-state index in [9.17, 15) is 0 Å². The Morgan fingerprint density at radius 1 is 0.387 bits per heavy atom. The second-order valence-electron chi connectivity index (χ2n) is 15.9. The number of furan rings is 1. The van der Waals surface area contributed by atoms with E-state index in [1.54, 1.807) is 22.7 Å². The van der Waals surface area contributed by atoms with Gasteiger partial charge in [0.15, 0.2) is 17.5 Å². The number of aromatic nitrogens is 4. The van der Waals surface area contributed by atoms with E-state index in [0.717, 1.165) is 64.7 Å². The second kappa shape index (κ2) is 12.9. The van der Waals surface area contributed by atoms with Gasteiger partial charge in [0, 0.05) is 67.6 Å². The molecule has 62 heavy (non-hydrogen) atoms. The molecule has 5 heterocycles. The molecule has 0 aliphatic heterocycles. The highest BCUT2D eigenvalue weighted by Gasteiger charge is 2.24. The molecule has 14 rings (SSSR count). The maximum Gasteiger partial charge on any atom is 0.167 e. The van der Waals surface area contributed by atoms with Gasteiger partial charge in [0.25, 0.3) is 0 Å². The summed E-state index contributed by atoms with van der Waals surface area (Å²) >= 11 is 3.56. The van der Waals surface area contributed by atoms with E-state index in [2.05, 4.69) is 180 Å². The summed E-state index contributed by atoms with van der Waals surface area (Å²) in [6, 6.07) is 64.8. The number of rotatable bonds is 4.